The van der Waals surface area contributed by atoms with Crippen LogP contribution in [0.15, 0.2) is 57.7 Å². The quantitative estimate of drug-likeness (QED) is 0.253. The summed E-state index contributed by atoms with van der Waals surface area (Å²) >= 11 is 0. The second kappa shape index (κ2) is 10.3. The maximum atomic E-state index is 14.4. The van der Waals surface area contributed by atoms with E-state index >= 15 is 0 Å². The summed E-state index contributed by atoms with van der Waals surface area (Å²) in [5.41, 5.74) is -1.42. The van der Waals surface area contributed by atoms with Crippen molar-refractivity contribution < 1.29 is 42.4 Å². The lowest BCUT2D eigenvalue weighted by Gasteiger charge is -2.29. The first-order valence-electron chi connectivity index (χ1n) is 12.0. The summed E-state index contributed by atoms with van der Waals surface area (Å²) in [4.78, 5) is 27.8. The van der Waals surface area contributed by atoms with E-state index in [1.165, 1.54) is 4.90 Å². The van der Waals surface area contributed by atoms with Gasteiger partial charge in [0.2, 0.25) is 11.7 Å². The average Bonchev–Trinajstić information content (AvgIpc) is 2.94. The molecule has 3 N–H and O–H groups in total. The first kappa shape index (κ1) is 26.1. The van der Waals surface area contributed by atoms with Crippen molar-refractivity contribution in [3.8, 4) is 28.6 Å². The monoisotopic (exact) mass is 541 g/mol. The number of ether oxygens (including phenoxy) is 1. The lowest BCUT2D eigenvalue weighted by Crippen LogP contribution is -2.41. The Balaban J connectivity index is 1.79. The minimum absolute atomic E-state index is 0.0218. The largest absolute Gasteiger partial charge is 0.504 e. The van der Waals surface area contributed by atoms with Gasteiger partial charge >= 0.3 is 0 Å². The van der Waals surface area contributed by atoms with E-state index in [9.17, 15) is 38.1 Å². The molecule has 2 heterocycles. The molecule has 0 unspecified atom stereocenters. The predicted molar refractivity (Wildman–Crippen MR) is 133 cm³/mol. The lowest BCUT2D eigenvalue weighted by molar-refractivity contribution is -0.135. The highest BCUT2D eigenvalue weighted by Crippen LogP contribution is 2.49. The molecular weight excluding hydrogens is 519 g/mol. The van der Waals surface area contributed by atoms with Gasteiger partial charge in [0, 0.05) is 42.6 Å². The Bertz CT molecular complexity index is 1610. The van der Waals surface area contributed by atoms with E-state index in [0.29, 0.717) is 17.7 Å². The third-order valence-corrected chi connectivity index (χ3v) is 6.69. The Morgan fingerprint density at radius 2 is 1.56 bits per heavy atom. The van der Waals surface area contributed by atoms with E-state index in [-0.39, 0.29) is 43.2 Å². The Hall–Kier alpha value is -4.51. The fourth-order valence-corrected chi connectivity index (χ4v) is 4.72. The summed E-state index contributed by atoms with van der Waals surface area (Å²) in [5, 5.41) is 31.5. The highest BCUT2D eigenvalue weighted by molar-refractivity contribution is 5.94. The minimum Gasteiger partial charge on any atom is -0.504 e. The fraction of sp³-hybridized carbons (Fsp3) is 0.214. The predicted octanol–water partition coefficient (Wildman–Crippen LogP) is 4.37. The van der Waals surface area contributed by atoms with E-state index in [1.54, 1.807) is 30.3 Å². The van der Waals surface area contributed by atoms with Crippen LogP contribution in [0.25, 0.3) is 22.3 Å². The molecule has 1 saturated heterocycles. The maximum absolute atomic E-state index is 14.4. The van der Waals surface area contributed by atoms with Gasteiger partial charge in [-0.2, -0.15) is 0 Å². The number of benzene rings is 3. The molecule has 0 radical (unpaired) electrons. The fourth-order valence-electron chi connectivity index (χ4n) is 4.72. The summed E-state index contributed by atoms with van der Waals surface area (Å²) in [6.07, 6.45) is -0.517. The molecule has 5 rings (SSSR count). The second-order valence-electron chi connectivity index (χ2n) is 9.05. The van der Waals surface area contributed by atoms with E-state index in [1.807, 2.05) is 0 Å². The van der Waals surface area contributed by atoms with Gasteiger partial charge < -0.3 is 29.4 Å². The van der Waals surface area contributed by atoms with Crippen LogP contribution in [0.4, 0.5) is 13.2 Å². The van der Waals surface area contributed by atoms with Crippen LogP contribution in [-0.2, 0) is 9.53 Å². The number of aromatic hydroxyl groups is 3. The number of morpholine rings is 1. The van der Waals surface area contributed by atoms with Crippen molar-refractivity contribution in [3.05, 3.63) is 87.3 Å². The summed E-state index contributed by atoms with van der Waals surface area (Å²) < 4.78 is 53.8. The maximum Gasteiger partial charge on any atom is 0.223 e. The van der Waals surface area contributed by atoms with Crippen LogP contribution in [-0.4, -0.2) is 52.4 Å². The SMILES string of the molecule is O=C(C[C@H](c1cc(F)c(F)c(F)c1)c1c(O)c(O)c(O)c2c(=O)cc(-c3ccccc3)oc12)N1CCOCC1. The molecular formula is C28H22F3NO7. The van der Waals surface area contributed by atoms with Crippen LogP contribution in [0, 0.1) is 17.5 Å². The Labute approximate surface area is 219 Å². The van der Waals surface area contributed by atoms with E-state index < -0.39 is 69.3 Å². The molecule has 4 aromatic rings. The van der Waals surface area contributed by atoms with Crippen molar-refractivity contribution in [1.82, 2.24) is 4.90 Å². The van der Waals surface area contributed by atoms with Crippen LogP contribution in [0.1, 0.15) is 23.5 Å². The number of amides is 1. The lowest BCUT2D eigenvalue weighted by atomic mass is 9.85. The van der Waals surface area contributed by atoms with Crippen LogP contribution in [0.5, 0.6) is 17.2 Å². The first-order valence-corrected chi connectivity index (χ1v) is 12.0. The number of nitrogens with zero attached hydrogens (tertiary/aromatic N) is 1. The number of rotatable bonds is 5. The first-order chi connectivity index (χ1) is 18.7. The summed E-state index contributed by atoms with van der Waals surface area (Å²) in [5.74, 6) is -9.80. The van der Waals surface area contributed by atoms with Gasteiger partial charge in [-0.05, 0) is 17.7 Å². The van der Waals surface area contributed by atoms with Gasteiger partial charge in [-0.15, -0.1) is 0 Å². The molecule has 1 aliphatic rings. The van der Waals surface area contributed by atoms with E-state index in [2.05, 4.69) is 0 Å². The van der Waals surface area contributed by atoms with Gasteiger partial charge in [0.1, 0.15) is 16.7 Å². The van der Waals surface area contributed by atoms with Crippen molar-refractivity contribution in [2.24, 2.45) is 0 Å². The molecule has 0 spiro atoms. The van der Waals surface area contributed by atoms with Gasteiger partial charge in [-0.3, -0.25) is 9.59 Å². The third kappa shape index (κ3) is 4.76. The highest BCUT2D eigenvalue weighted by Gasteiger charge is 2.33. The molecule has 0 saturated carbocycles. The summed E-state index contributed by atoms with van der Waals surface area (Å²) in [6.45, 7) is 0.996. The molecule has 0 aliphatic carbocycles. The summed E-state index contributed by atoms with van der Waals surface area (Å²) in [7, 11) is 0. The van der Waals surface area contributed by atoms with Gasteiger partial charge in [0.25, 0.3) is 0 Å². The molecule has 0 bridgehead atoms. The zero-order valence-electron chi connectivity index (χ0n) is 20.3. The number of carbonyl (C=O) groups excluding carboxylic acids is 1. The van der Waals surface area contributed by atoms with Crippen molar-refractivity contribution >= 4 is 16.9 Å². The van der Waals surface area contributed by atoms with E-state index in [4.69, 9.17) is 9.15 Å². The Kier molecular flexibility index (Phi) is 6.92. The number of hydrogen-bond donors (Lipinski definition) is 3. The molecule has 39 heavy (non-hydrogen) atoms. The molecule has 1 fully saturated rings. The average molecular weight is 541 g/mol. The molecule has 1 atom stereocenters. The normalized spacial score (nSPS) is 14.5. The Morgan fingerprint density at radius 3 is 2.21 bits per heavy atom. The van der Waals surface area contributed by atoms with Gasteiger partial charge in [0.05, 0.1) is 13.2 Å². The molecule has 1 amide bonds. The molecule has 3 aromatic carbocycles. The number of carbonyl (C=O) groups is 1. The van der Waals surface area contributed by atoms with Crippen molar-refractivity contribution in [3.63, 3.8) is 0 Å². The number of phenolic OH excluding ortho intramolecular Hbond substituents is 3. The standard InChI is InChI=1S/C28H22F3NO7/c29-17-10-15(11-18(30)24(17)31)16(12-21(34)32-6-8-38-9-7-32)22-25(35)27(37)26(36)23-19(33)13-20(39-28(22)23)14-4-2-1-3-5-14/h1-5,10-11,13,16,35-37H,6-9,12H2/t16-/m1/s1. The van der Waals surface area contributed by atoms with E-state index in [0.717, 1.165) is 6.07 Å². The minimum atomic E-state index is -1.74. The molecule has 202 valence electrons. The van der Waals surface area contributed by atoms with Crippen molar-refractivity contribution in [1.29, 1.82) is 0 Å². The third-order valence-electron chi connectivity index (χ3n) is 6.69. The summed E-state index contributed by atoms with van der Waals surface area (Å²) in [6, 6.07) is 10.7. The smallest absolute Gasteiger partial charge is 0.223 e. The highest BCUT2D eigenvalue weighted by atomic mass is 19.2. The van der Waals surface area contributed by atoms with Crippen molar-refractivity contribution in [2.75, 3.05) is 26.3 Å². The van der Waals surface area contributed by atoms with Gasteiger partial charge in [0.15, 0.2) is 34.4 Å². The van der Waals surface area contributed by atoms with Crippen LogP contribution < -0.4 is 5.43 Å². The molecule has 8 nitrogen and oxygen atoms in total. The zero-order valence-corrected chi connectivity index (χ0v) is 20.3. The number of fused-ring (bicyclic) bond motifs is 1. The number of hydrogen-bond acceptors (Lipinski definition) is 7. The molecule has 1 aliphatic heterocycles. The molecule has 11 heteroatoms. The van der Waals surface area contributed by atoms with Crippen LogP contribution in [0.3, 0.4) is 0 Å². The van der Waals surface area contributed by atoms with Gasteiger partial charge in [-0.1, -0.05) is 30.3 Å². The van der Waals surface area contributed by atoms with Crippen LogP contribution >= 0.6 is 0 Å². The zero-order chi connectivity index (χ0) is 27.8. The Morgan fingerprint density at radius 1 is 0.923 bits per heavy atom. The number of phenols is 3. The molecule has 1 aromatic heterocycles. The van der Waals surface area contributed by atoms with Gasteiger partial charge in [-0.25, -0.2) is 13.2 Å². The number of halogens is 3. The second-order valence-corrected chi connectivity index (χ2v) is 9.05. The van der Waals surface area contributed by atoms with Crippen molar-refractivity contribution in [2.45, 2.75) is 12.3 Å². The van der Waals surface area contributed by atoms with Crippen LogP contribution in [0.2, 0.25) is 0 Å². The topological polar surface area (TPSA) is 120 Å².